The molecule has 14 heavy (non-hydrogen) atoms. The molecule has 0 bridgehead atoms. The molecule has 3 nitrogen and oxygen atoms in total. The molecule has 0 amide bonds. The lowest BCUT2D eigenvalue weighted by atomic mass is 10.2. The lowest BCUT2D eigenvalue weighted by molar-refractivity contribution is 0.413. The van der Waals surface area contributed by atoms with Crippen LogP contribution in [0.3, 0.4) is 0 Å². The van der Waals surface area contributed by atoms with Crippen molar-refractivity contribution < 1.29 is 4.74 Å². The van der Waals surface area contributed by atoms with Crippen molar-refractivity contribution in [1.29, 1.82) is 5.26 Å². The molecule has 1 aromatic carbocycles. The summed E-state index contributed by atoms with van der Waals surface area (Å²) in [6.07, 6.45) is 0. The fraction of sp³-hybridized carbons (Fsp3) is 0.100. The van der Waals surface area contributed by atoms with Crippen LogP contribution >= 0.6 is 15.9 Å². The summed E-state index contributed by atoms with van der Waals surface area (Å²) in [6, 6.07) is 7.60. The highest BCUT2D eigenvalue weighted by molar-refractivity contribution is 9.10. The van der Waals surface area contributed by atoms with Crippen LogP contribution in [0.2, 0.25) is 0 Å². The Morgan fingerprint density at radius 1 is 1.50 bits per heavy atom. The SMILES string of the molecule is COc1ccc2[nH]c(C#N)cc2c1Br. The predicted octanol–water partition coefficient (Wildman–Crippen LogP) is 2.81. The molecule has 0 aliphatic rings. The lowest BCUT2D eigenvalue weighted by Gasteiger charge is -2.02. The van der Waals surface area contributed by atoms with Crippen LogP contribution in [0.1, 0.15) is 5.69 Å². The Morgan fingerprint density at radius 2 is 2.29 bits per heavy atom. The molecule has 70 valence electrons. The Labute approximate surface area is 89.4 Å². The first-order chi connectivity index (χ1) is 6.76. The molecule has 0 aliphatic heterocycles. The number of aromatic amines is 1. The standard InChI is InChI=1S/C10H7BrN2O/c1-14-9-3-2-8-7(10(9)11)4-6(5-12)13-8/h2-4,13H,1H3. The van der Waals surface area contributed by atoms with Crippen LogP contribution in [0.15, 0.2) is 22.7 Å². The van der Waals surface area contributed by atoms with Gasteiger partial charge < -0.3 is 9.72 Å². The summed E-state index contributed by atoms with van der Waals surface area (Å²) in [5.74, 6) is 0.765. The summed E-state index contributed by atoms with van der Waals surface area (Å²) in [5.41, 5.74) is 1.48. The minimum atomic E-state index is 0.550. The molecule has 0 atom stereocenters. The zero-order valence-corrected chi connectivity index (χ0v) is 9.05. The second kappa shape index (κ2) is 3.35. The summed E-state index contributed by atoms with van der Waals surface area (Å²) in [5, 5.41) is 9.69. The first kappa shape index (κ1) is 9.10. The van der Waals surface area contributed by atoms with E-state index >= 15 is 0 Å². The number of H-pyrrole nitrogens is 1. The van der Waals surface area contributed by atoms with Gasteiger partial charge in [-0.25, -0.2) is 0 Å². The average Bonchev–Trinajstić information content (AvgIpc) is 2.62. The Morgan fingerprint density at radius 3 is 2.93 bits per heavy atom. The molecule has 0 spiro atoms. The Balaban J connectivity index is 2.76. The van der Waals surface area contributed by atoms with Gasteiger partial charge in [-0.05, 0) is 34.1 Å². The van der Waals surface area contributed by atoms with Crippen molar-refractivity contribution in [2.24, 2.45) is 0 Å². The van der Waals surface area contributed by atoms with E-state index in [-0.39, 0.29) is 0 Å². The fourth-order valence-electron chi connectivity index (χ4n) is 1.37. The number of methoxy groups -OCH3 is 1. The molecular formula is C10H7BrN2O. The zero-order chi connectivity index (χ0) is 10.1. The quantitative estimate of drug-likeness (QED) is 0.847. The first-order valence-corrected chi connectivity index (χ1v) is 4.81. The van der Waals surface area contributed by atoms with Gasteiger partial charge in [0, 0.05) is 10.9 Å². The topological polar surface area (TPSA) is 48.8 Å². The number of nitrogens with one attached hydrogen (secondary N) is 1. The number of fused-ring (bicyclic) bond motifs is 1. The molecule has 0 aliphatic carbocycles. The highest BCUT2D eigenvalue weighted by Crippen LogP contribution is 2.33. The van der Waals surface area contributed by atoms with Crippen LogP contribution < -0.4 is 4.74 Å². The molecule has 0 saturated carbocycles. The number of aromatic nitrogens is 1. The Bertz CT molecular complexity index is 525. The summed E-state index contributed by atoms with van der Waals surface area (Å²) < 4.78 is 6.02. The zero-order valence-electron chi connectivity index (χ0n) is 7.47. The minimum absolute atomic E-state index is 0.550. The van der Waals surface area contributed by atoms with Crippen molar-refractivity contribution in [3.05, 3.63) is 28.4 Å². The average molecular weight is 251 g/mol. The van der Waals surface area contributed by atoms with Gasteiger partial charge in [-0.15, -0.1) is 0 Å². The largest absolute Gasteiger partial charge is 0.496 e. The molecule has 1 aromatic heterocycles. The third kappa shape index (κ3) is 1.26. The number of halogens is 1. The van der Waals surface area contributed by atoms with Gasteiger partial charge in [0.1, 0.15) is 17.5 Å². The van der Waals surface area contributed by atoms with Gasteiger partial charge in [-0.2, -0.15) is 5.26 Å². The molecule has 2 aromatic rings. The van der Waals surface area contributed by atoms with Gasteiger partial charge in [-0.1, -0.05) is 0 Å². The van der Waals surface area contributed by atoms with Crippen molar-refractivity contribution in [2.75, 3.05) is 7.11 Å². The van der Waals surface area contributed by atoms with Gasteiger partial charge in [0.15, 0.2) is 0 Å². The fourth-order valence-corrected chi connectivity index (χ4v) is 1.99. The summed E-state index contributed by atoms with van der Waals surface area (Å²) >= 11 is 3.43. The predicted molar refractivity (Wildman–Crippen MR) is 57.3 cm³/mol. The molecule has 0 fully saturated rings. The molecule has 2 rings (SSSR count). The normalized spacial score (nSPS) is 10.1. The number of hydrogen-bond acceptors (Lipinski definition) is 2. The van der Waals surface area contributed by atoms with E-state index in [1.54, 1.807) is 13.2 Å². The van der Waals surface area contributed by atoms with Crippen LogP contribution in [0.5, 0.6) is 5.75 Å². The van der Waals surface area contributed by atoms with E-state index in [1.165, 1.54) is 0 Å². The van der Waals surface area contributed by atoms with E-state index in [0.717, 1.165) is 21.1 Å². The third-order valence-electron chi connectivity index (χ3n) is 2.04. The van der Waals surface area contributed by atoms with Crippen molar-refractivity contribution in [2.45, 2.75) is 0 Å². The Hall–Kier alpha value is -1.47. The van der Waals surface area contributed by atoms with Crippen molar-refractivity contribution in [3.63, 3.8) is 0 Å². The highest BCUT2D eigenvalue weighted by atomic mass is 79.9. The van der Waals surface area contributed by atoms with Crippen molar-refractivity contribution >= 4 is 26.8 Å². The van der Waals surface area contributed by atoms with E-state index in [9.17, 15) is 0 Å². The summed E-state index contributed by atoms with van der Waals surface area (Å²) in [4.78, 5) is 2.99. The van der Waals surface area contributed by atoms with E-state index in [4.69, 9.17) is 10.00 Å². The molecule has 4 heteroatoms. The number of rotatable bonds is 1. The van der Waals surface area contributed by atoms with E-state index in [2.05, 4.69) is 27.0 Å². The van der Waals surface area contributed by atoms with Gasteiger partial charge in [-0.3, -0.25) is 0 Å². The maximum Gasteiger partial charge on any atom is 0.133 e. The van der Waals surface area contributed by atoms with Crippen LogP contribution in [-0.2, 0) is 0 Å². The maximum absolute atomic E-state index is 8.73. The monoisotopic (exact) mass is 250 g/mol. The smallest absolute Gasteiger partial charge is 0.133 e. The molecule has 1 heterocycles. The van der Waals surface area contributed by atoms with Gasteiger partial charge in [0.2, 0.25) is 0 Å². The Kier molecular flexibility index (Phi) is 2.18. The van der Waals surface area contributed by atoms with Gasteiger partial charge in [0.05, 0.1) is 11.6 Å². The molecule has 1 N–H and O–H groups in total. The number of nitriles is 1. The van der Waals surface area contributed by atoms with Crippen LogP contribution in [-0.4, -0.2) is 12.1 Å². The minimum Gasteiger partial charge on any atom is -0.496 e. The first-order valence-electron chi connectivity index (χ1n) is 4.01. The molecule has 0 radical (unpaired) electrons. The van der Waals surface area contributed by atoms with Crippen LogP contribution in [0.4, 0.5) is 0 Å². The third-order valence-corrected chi connectivity index (χ3v) is 2.86. The van der Waals surface area contributed by atoms with E-state index in [1.807, 2.05) is 12.1 Å². The second-order valence-electron chi connectivity index (χ2n) is 2.84. The summed E-state index contributed by atoms with van der Waals surface area (Å²) in [6.45, 7) is 0. The van der Waals surface area contributed by atoms with E-state index < -0.39 is 0 Å². The molecule has 0 unspecified atom stereocenters. The second-order valence-corrected chi connectivity index (χ2v) is 3.63. The highest BCUT2D eigenvalue weighted by Gasteiger charge is 2.07. The lowest BCUT2D eigenvalue weighted by Crippen LogP contribution is -1.83. The number of hydrogen-bond donors (Lipinski definition) is 1. The van der Waals surface area contributed by atoms with Gasteiger partial charge in [0.25, 0.3) is 0 Å². The van der Waals surface area contributed by atoms with Crippen molar-refractivity contribution in [1.82, 2.24) is 4.98 Å². The van der Waals surface area contributed by atoms with E-state index in [0.29, 0.717) is 5.69 Å². The molecular weight excluding hydrogens is 244 g/mol. The number of ether oxygens (including phenoxy) is 1. The van der Waals surface area contributed by atoms with Crippen LogP contribution in [0.25, 0.3) is 10.9 Å². The van der Waals surface area contributed by atoms with Crippen LogP contribution in [0, 0.1) is 11.3 Å². The van der Waals surface area contributed by atoms with Crippen molar-refractivity contribution in [3.8, 4) is 11.8 Å². The summed E-state index contributed by atoms with van der Waals surface area (Å²) in [7, 11) is 1.61. The van der Waals surface area contributed by atoms with Gasteiger partial charge >= 0.3 is 0 Å². The molecule has 0 saturated heterocycles. The number of benzene rings is 1. The number of nitrogens with zero attached hydrogens (tertiary/aromatic N) is 1. The maximum atomic E-state index is 8.73.